The highest BCUT2D eigenvalue weighted by Gasteiger charge is 2.34. The van der Waals surface area contributed by atoms with Gasteiger partial charge in [-0.05, 0) is 49.8 Å². The number of aromatic nitrogens is 1. The minimum absolute atomic E-state index is 0.204. The molecule has 9 heteroatoms. The Morgan fingerprint density at radius 3 is 2.48 bits per heavy atom. The van der Waals surface area contributed by atoms with Gasteiger partial charge in [0.05, 0.1) is 29.5 Å². The van der Waals surface area contributed by atoms with Crippen LogP contribution in [0.1, 0.15) is 36.6 Å². The van der Waals surface area contributed by atoms with Crippen molar-refractivity contribution in [1.82, 2.24) is 4.57 Å². The van der Waals surface area contributed by atoms with Crippen LogP contribution in [-0.4, -0.2) is 24.3 Å². The van der Waals surface area contributed by atoms with Gasteiger partial charge in [0.25, 0.3) is 5.56 Å². The summed E-state index contributed by atoms with van der Waals surface area (Å²) < 4.78 is 20.2. The molecule has 1 aliphatic heterocycles. The molecule has 1 atom stereocenters. The maximum atomic E-state index is 14.0. The van der Waals surface area contributed by atoms with Crippen molar-refractivity contribution in [1.29, 1.82) is 0 Å². The van der Waals surface area contributed by atoms with Crippen molar-refractivity contribution in [2.24, 2.45) is 4.99 Å². The molecular formula is C31H27BrN2O5S. The number of fused-ring (bicyclic) bond motifs is 1. The third-order valence-electron chi connectivity index (χ3n) is 6.46. The number of nitrogens with zero attached hydrogens (tertiary/aromatic N) is 2. The molecule has 0 radical (unpaired) electrons. The number of carbonyl (C=O) groups excluding carboxylic acids is 1. The molecule has 40 heavy (non-hydrogen) atoms. The van der Waals surface area contributed by atoms with E-state index in [9.17, 15) is 9.59 Å². The molecule has 0 unspecified atom stereocenters. The topological polar surface area (TPSA) is 79.1 Å². The Kier molecular flexibility index (Phi) is 8.32. The first-order valence-corrected chi connectivity index (χ1v) is 14.3. The van der Waals surface area contributed by atoms with Gasteiger partial charge in [-0.1, -0.05) is 75.8 Å². The summed E-state index contributed by atoms with van der Waals surface area (Å²) in [5.41, 5.74) is 3.00. The number of esters is 1. The lowest BCUT2D eigenvalue weighted by Crippen LogP contribution is -2.40. The lowest BCUT2D eigenvalue weighted by molar-refractivity contribution is -0.139. The third kappa shape index (κ3) is 5.52. The van der Waals surface area contributed by atoms with Gasteiger partial charge in [-0.25, -0.2) is 9.79 Å². The Morgan fingerprint density at radius 1 is 1.05 bits per heavy atom. The molecule has 204 valence electrons. The fourth-order valence-corrected chi connectivity index (χ4v) is 5.89. The van der Waals surface area contributed by atoms with Crippen LogP contribution in [0.2, 0.25) is 0 Å². The van der Waals surface area contributed by atoms with Crippen molar-refractivity contribution in [3.05, 3.63) is 125 Å². The molecule has 0 saturated carbocycles. The van der Waals surface area contributed by atoms with Gasteiger partial charge in [-0.3, -0.25) is 9.36 Å². The van der Waals surface area contributed by atoms with E-state index in [1.807, 2.05) is 78.9 Å². The summed E-state index contributed by atoms with van der Waals surface area (Å²) in [5, 5.41) is 0. The molecule has 0 spiro atoms. The Hall–Kier alpha value is -3.95. The quantitative estimate of drug-likeness (QED) is 0.255. The molecule has 1 aromatic heterocycles. The number of halogens is 1. The van der Waals surface area contributed by atoms with Crippen LogP contribution in [0.5, 0.6) is 11.5 Å². The number of allylic oxidation sites excluding steroid dienone is 1. The predicted octanol–water partition coefficient (Wildman–Crippen LogP) is 5.15. The molecule has 3 aromatic carbocycles. The van der Waals surface area contributed by atoms with Gasteiger partial charge < -0.3 is 14.2 Å². The van der Waals surface area contributed by atoms with Gasteiger partial charge >= 0.3 is 5.97 Å². The van der Waals surface area contributed by atoms with Crippen molar-refractivity contribution in [2.45, 2.75) is 26.5 Å². The van der Waals surface area contributed by atoms with Gasteiger partial charge in [0.2, 0.25) is 0 Å². The summed E-state index contributed by atoms with van der Waals surface area (Å²) in [7, 11) is 1.56. The van der Waals surface area contributed by atoms with E-state index < -0.39 is 12.0 Å². The number of carbonyl (C=O) groups is 1. The van der Waals surface area contributed by atoms with Crippen LogP contribution in [-0.2, 0) is 16.1 Å². The van der Waals surface area contributed by atoms with Crippen molar-refractivity contribution < 1.29 is 19.0 Å². The number of ether oxygens (including phenoxy) is 3. The van der Waals surface area contributed by atoms with Gasteiger partial charge in [0.15, 0.2) is 4.80 Å². The number of hydrogen-bond donors (Lipinski definition) is 0. The summed E-state index contributed by atoms with van der Waals surface area (Å²) in [5.74, 6) is 0.701. The van der Waals surface area contributed by atoms with E-state index in [1.165, 1.54) is 11.3 Å². The molecule has 5 rings (SSSR count). The van der Waals surface area contributed by atoms with Crippen LogP contribution in [0.25, 0.3) is 6.08 Å². The SMILES string of the molecule is CCOC(=O)C1=C(C)N=c2s/c(=C\c3ccccc3OCc3ccc(Br)cc3)c(=O)n2[C@H]1c1ccccc1OC. The molecule has 0 amide bonds. The highest BCUT2D eigenvalue weighted by Crippen LogP contribution is 2.35. The van der Waals surface area contributed by atoms with Crippen molar-refractivity contribution >= 4 is 39.3 Å². The summed E-state index contributed by atoms with van der Waals surface area (Å²) in [6.45, 7) is 4.10. The summed E-state index contributed by atoms with van der Waals surface area (Å²) >= 11 is 4.72. The molecule has 2 heterocycles. The normalized spacial score (nSPS) is 14.9. The number of thiazole rings is 1. The van der Waals surface area contributed by atoms with Gasteiger partial charge in [-0.15, -0.1) is 0 Å². The maximum absolute atomic E-state index is 14.0. The van der Waals surface area contributed by atoms with Crippen molar-refractivity contribution in [2.75, 3.05) is 13.7 Å². The highest BCUT2D eigenvalue weighted by molar-refractivity contribution is 9.10. The van der Waals surface area contributed by atoms with Crippen LogP contribution in [0.3, 0.4) is 0 Å². The molecule has 0 N–H and O–H groups in total. The van der Waals surface area contributed by atoms with Gasteiger partial charge in [-0.2, -0.15) is 0 Å². The number of para-hydroxylation sites is 2. The van der Waals surface area contributed by atoms with E-state index in [0.717, 1.165) is 15.6 Å². The first-order chi connectivity index (χ1) is 19.4. The Morgan fingerprint density at radius 2 is 1.75 bits per heavy atom. The van der Waals surface area contributed by atoms with Crippen LogP contribution in [0, 0.1) is 0 Å². The number of benzene rings is 3. The standard InChI is InChI=1S/C31H27BrN2O5S/c1-4-38-30(36)27-19(2)33-31-34(28(27)23-10-6-8-12-25(23)37-3)29(35)26(40-31)17-21-9-5-7-11-24(21)39-18-20-13-15-22(32)16-14-20/h5-17,28H,4,18H2,1-3H3/b26-17-/t28-/m0/s1. The number of methoxy groups -OCH3 is 1. The van der Waals surface area contributed by atoms with Gasteiger partial charge in [0.1, 0.15) is 24.1 Å². The lowest BCUT2D eigenvalue weighted by atomic mass is 9.95. The van der Waals surface area contributed by atoms with Gasteiger partial charge in [0, 0.05) is 15.6 Å². The molecule has 0 fully saturated rings. The minimum atomic E-state index is -0.752. The zero-order chi connectivity index (χ0) is 28.2. The molecule has 7 nitrogen and oxygen atoms in total. The Bertz CT molecular complexity index is 1770. The number of hydrogen-bond acceptors (Lipinski definition) is 7. The molecule has 4 aromatic rings. The van der Waals surface area contributed by atoms with Crippen molar-refractivity contribution in [3.8, 4) is 11.5 Å². The highest BCUT2D eigenvalue weighted by atomic mass is 79.9. The largest absolute Gasteiger partial charge is 0.496 e. The third-order valence-corrected chi connectivity index (χ3v) is 7.98. The zero-order valence-corrected chi connectivity index (χ0v) is 24.6. The van der Waals surface area contributed by atoms with Crippen LogP contribution in [0.15, 0.2) is 98.3 Å². The van der Waals surface area contributed by atoms with Crippen LogP contribution in [0.4, 0.5) is 0 Å². The lowest BCUT2D eigenvalue weighted by Gasteiger charge is -2.25. The summed E-state index contributed by atoms with van der Waals surface area (Å²) in [6, 6.07) is 22.1. The monoisotopic (exact) mass is 618 g/mol. The maximum Gasteiger partial charge on any atom is 0.338 e. The minimum Gasteiger partial charge on any atom is -0.496 e. The van der Waals surface area contributed by atoms with E-state index in [1.54, 1.807) is 25.5 Å². The summed E-state index contributed by atoms with van der Waals surface area (Å²) in [6.07, 6.45) is 1.81. The van der Waals surface area contributed by atoms with Crippen LogP contribution < -0.4 is 24.4 Å². The molecule has 0 saturated heterocycles. The Labute approximate surface area is 243 Å². The molecule has 1 aliphatic rings. The van der Waals surface area contributed by atoms with E-state index >= 15 is 0 Å². The first-order valence-electron chi connectivity index (χ1n) is 12.7. The average molecular weight is 620 g/mol. The van der Waals surface area contributed by atoms with Crippen LogP contribution >= 0.6 is 27.3 Å². The van der Waals surface area contributed by atoms with E-state index in [4.69, 9.17) is 14.2 Å². The fraction of sp³-hybridized carbons (Fsp3) is 0.194. The van der Waals surface area contributed by atoms with E-state index in [0.29, 0.717) is 44.3 Å². The predicted molar refractivity (Wildman–Crippen MR) is 158 cm³/mol. The number of rotatable bonds is 8. The van der Waals surface area contributed by atoms with E-state index in [2.05, 4.69) is 20.9 Å². The average Bonchev–Trinajstić information content (AvgIpc) is 3.26. The zero-order valence-electron chi connectivity index (χ0n) is 22.2. The smallest absolute Gasteiger partial charge is 0.338 e. The second-order valence-electron chi connectivity index (χ2n) is 9.00. The summed E-state index contributed by atoms with van der Waals surface area (Å²) in [4.78, 5) is 32.3. The second kappa shape index (κ2) is 12.1. The first kappa shape index (κ1) is 27.6. The molecular weight excluding hydrogens is 592 g/mol. The molecule has 0 aliphatic carbocycles. The fourth-order valence-electron chi connectivity index (χ4n) is 4.59. The second-order valence-corrected chi connectivity index (χ2v) is 10.9. The Balaban J connectivity index is 1.61. The van der Waals surface area contributed by atoms with E-state index in [-0.39, 0.29) is 12.2 Å². The van der Waals surface area contributed by atoms with Crippen molar-refractivity contribution in [3.63, 3.8) is 0 Å². The molecule has 0 bridgehead atoms.